The van der Waals surface area contributed by atoms with Crippen LogP contribution in [0.4, 0.5) is 0 Å². The van der Waals surface area contributed by atoms with E-state index in [1.165, 1.54) is 11.0 Å². The van der Waals surface area contributed by atoms with E-state index < -0.39 is 0 Å². The minimum absolute atomic E-state index is 0.153. The van der Waals surface area contributed by atoms with Crippen LogP contribution in [0.3, 0.4) is 0 Å². The second-order valence-corrected chi connectivity index (χ2v) is 1.40. The third-order valence-electron chi connectivity index (χ3n) is 0.583. The smallest absolute Gasteiger partial charge is 0.245 e. The minimum Gasteiger partial charge on any atom is -0.345 e. The van der Waals surface area contributed by atoms with Crippen LogP contribution in [0.15, 0.2) is 12.6 Å². The van der Waals surface area contributed by atoms with Crippen molar-refractivity contribution in [2.45, 2.75) is 0 Å². The Morgan fingerprint density at radius 2 is 2.57 bits per heavy atom. The molecule has 7 heavy (non-hydrogen) atoms. The van der Waals surface area contributed by atoms with Gasteiger partial charge < -0.3 is 4.90 Å². The topological polar surface area (TPSA) is 20.3 Å². The first-order chi connectivity index (χ1) is 3.68. The quantitative estimate of drug-likeness (QED) is 0.433. The van der Waals surface area contributed by atoms with Crippen molar-refractivity contribution >= 4 is 5.91 Å². The SMILES string of the molecule is [2H]C=CC(=O)N(C)C. The first-order valence-corrected chi connectivity index (χ1v) is 1.94. The Balaban J connectivity index is 3.66. The molecule has 0 aliphatic heterocycles. The lowest BCUT2D eigenvalue weighted by Crippen LogP contribution is -2.18. The predicted molar refractivity (Wildman–Crippen MR) is 28.9 cm³/mol. The summed E-state index contributed by atoms with van der Waals surface area (Å²) < 4.78 is 6.50. The molecule has 40 valence electrons. The standard InChI is InChI=1S/C5H9NO/c1-4-5(7)6(2)3/h4H,1H2,2-3H3/i1D. The van der Waals surface area contributed by atoms with Crippen LogP contribution in [0.2, 0.25) is 0 Å². The number of hydrogen-bond donors (Lipinski definition) is 0. The molecule has 0 bridgehead atoms. The Hall–Kier alpha value is -0.790. The second kappa shape index (κ2) is 2.39. The molecule has 0 aliphatic rings. The molecule has 0 spiro atoms. The van der Waals surface area contributed by atoms with Gasteiger partial charge in [-0.2, -0.15) is 0 Å². The average Bonchev–Trinajstić information content (AvgIpc) is 1.67. The van der Waals surface area contributed by atoms with Crippen LogP contribution in [-0.4, -0.2) is 24.9 Å². The van der Waals surface area contributed by atoms with Crippen molar-refractivity contribution in [2.75, 3.05) is 14.1 Å². The molecule has 0 fully saturated rings. The maximum atomic E-state index is 10.5. The van der Waals surface area contributed by atoms with Crippen molar-refractivity contribution in [3.63, 3.8) is 0 Å². The van der Waals surface area contributed by atoms with E-state index in [-0.39, 0.29) is 5.91 Å². The fourth-order valence-electron chi connectivity index (χ4n) is 0.149. The summed E-state index contributed by atoms with van der Waals surface area (Å²) in [7, 11) is 3.28. The number of carbonyl (C=O) groups excluding carboxylic acids is 1. The van der Waals surface area contributed by atoms with E-state index in [0.29, 0.717) is 0 Å². The van der Waals surface area contributed by atoms with Gasteiger partial charge in [-0.1, -0.05) is 6.55 Å². The average molecular weight is 100 g/mol. The molecule has 2 heteroatoms. The van der Waals surface area contributed by atoms with Crippen molar-refractivity contribution in [1.82, 2.24) is 4.90 Å². The highest BCUT2D eigenvalue weighted by molar-refractivity contribution is 5.86. The lowest BCUT2D eigenvalue weighted by molar-refractivity contribution is -0.123. The minimum atomic E-state index is -0.153. The van der Waals surface area contributed by atoms with Gasteiger partial charge in [-0.05, 0) is 6.08 Å². The molecule has 0 aliphatic carbocycles. The van der Waals surface area contributed by atoms with Gasteiger partial charge >= 0.3 is 0 Å². The second-order valence-electron chi connectivity index (χ2n) is 1.40. The summed E-state index contributed by atoms with van der Waals surface area (Å²) >= 11 is 0. The molecule has 0 heterocycles. The van der Waals surface area contributed by atoms with E-state index in [1.54, 1.807) is 14.1 Å². The van der Waals surface area contributed by atoms with Gasteiger partial charge in [0.05, 0.1) is 1.37 Å². The molecule has 0 saturated heterocycles. The summed E-state index contributed by atoms with van der Waals surface area (Å²) in [6.45, 7) is 0.975. The van der Waals surface area contributed by atoms with E-state index in [1.807, 2.05) is 0 Å². The Kier molecular flexibility index (Phi) is 1.50. The van der Waals surface area contributed by atoms with Crippen molar-refractivity contribution in [3.05, 3.63) is 12.6 Å². The Morgan fingerprint density at radius 3 is 2.71 bits per heavy atom. The molecule has 0 radical (unpaired) electrons. The van der Waals surface area contributed by atoms with Crippen molar-refractivity contribution in [3.8, 4) is 0 Å². The Labute approximate surface area is 44.8 Å². The molecule has 0 saturated carbocycles. The Morgan fingerprint density at radius 1 is 2.00 bits per heavy atom. The van der Waals surface area contributed by atoms with E-state index in [2.05, 4.69) is 0 Å². The zero-order valence-electron chi connectivity index (χ0n) is 5.51. The maximum Gasteiger partial charge on any atom is 0.245 e. The summed E-state index contributed by atoms with van der Waals surface area (Å²) in [5.41, 5.74) is 0. The van der Waals surface area contributed by atoms with Crippen LogP contribution in [0.25, 0.3) is 0 Å². The number of likely N-dealkylation sites (N-methyl/N-ethyl adjacent to an activating group) is 1. The number of nitrogens with zero attached hydrogens (tertiary/aromatic N) is 1. The zero-order valence-corrected chi connectivity index (χ0v) is 4.51. The van der Waals surface area contributed by atoms with Crippen LogP contribution in [-0.2, 0) is 4.79 Å². The number of hydrogen-bond acceptors (Lipinski definition) is 1. The van der Waals surface area contributed by atoms with Gasteiger partial charge in [0.15, 0.2) is 0 Å². The molecule has 0 N–H and O–H groups in total. The monoisotopic (exact) mass is 100 g/mol. The molecule has 0 unspecified atom stereocenters. The lowest BCUT2D eigenvalue weighted by Gasteiger charge is -2.03. The Bertz CT molecular complexity index is 109. The van der Waals surface area contributed by atoms with Gasteiger partial charge in [0.1, 0.15) is 0 Å². The molecule has 1 amide bonds. The normalized spacial score (nSPS) is 11.4. The predicted octanol–water partition coefficient (Wildman–Crippen LogP) is 0.261. The van der Waals surface area contributed by atoms with Crippen molar-refractivity contribution < 1.29 is 6.17 Å². The van der Waals surface area contributed by atoms with Gasteiger partial charge in [0, 0.05) is 14.1 Å². The van der Waals surface area contributed by atoms with Crippen molar-refractivity contribution in [1.29, 1.82) is 0 Å². The van der Waals surface area contributed by atoms with E-state index in [0.717, 1.165) is 6.55 Å². The molecule has 0 aromatic heterocycles. The molecular formula is C5H9NO. The zero-order chi connectivity index (χ0) is 6.57. The third-order valence-corrected chi connectivity index (χ3v) is 0.583. The summed E-state index contributed by atoms with van der Waals surface area (Å²) in [4.78, 5) is 11.9. The summed E-state index contributed by atoms with van der Waals surface area (Å²) in [6.07, 6.45) is 1.19. The van der Waals surface area contributed by atoms with Crippen LogP contribution >= 0.6 is 0 Å². The van der Waals surface area contributed by atoms with E-state index >= 15 is 0 Å². The highest BCUT2D eigenvalue weighted by Gasteiger charge is 1.91. The summed E-state index contributed by atoms with van der Waals surface area (Å²) in [5, 5.41) is 0. The van der Waals surface area contributed by atoms with Crippen LogP contribution in [0, 0.1) is 0 Å². The van der Waals surface area contributed by atoms with Crippen LogP contribution < -0.4 is 0 Å². The first-order valence-electron chi connectivity index (χ1n) is 2.52. The number of rotatable bonds is 1. The van der Waals surface area contributed by atoms with Gasteiger partial charge in [-0.3, -0.25) is 4.79 Å². The van der Waals surface area contributed by atoms with Gasteiger partial charge in [0.2, 0.25) is 5.91 Å². The van der Waals surface area contributed by atoms with E-state index in [4.69, 9.17) is 1.37 Å². The maximum absolute atomic E-state index is 10.5. The molecule has 0 aromatic rings. The fourth-order valence-corrected chi connectivity index (χ4v) is 0.149. The van der Waals surface area contributed by atoms with Crippen LogP contribution in [0.5, 0.6) is 0 Å². The highest BCUT2D eigenvalue weighted by atomic mass is 16.2. The summed E-state index contributed by atoms with van der Waals surface area (Å²) in [5.74, 6) is -0.153. The highest BCUT2D eigenvalue weighted by Crippen LogP contribution is 1.74. The van der Waals surface area contributed by atoms with Crippen molar-refractivity contribution in [2.24, 2.45) is 0 Å². The largest absolute Gasteiger partial charge is 0.345 e. The molecule has 0 atom stereocenters. The lowest BCUT2D eigenvalue weighted by atomic mass is 10.5. The van der Waals surface area contributed by atoms with Gasteiger partial charge in [0.25, 0.3) is 0 Å². The van der Waals surface area contributed by atoms with Gasteiger partial charge in [-0.25, -0.2) is 0 Å². The number of carbonyl (C=O) groups is 1. The van der Waals surface area contributed by atoms with Gasteiger partial charge in [-0.15, -0.1) is 0 Å². The molecule has 0 rings (SSSR count). The van der Waals surface area contributed by atoms with Crippen LogP contribution in [0.1, 0.15) is 1.37 Å². The fraction of sp³-hybridized carbons (Fsp3) is 0.400. The first kappa shape index (κ1) is 4.37. The third kappa shape index (κ3) is 1.98. The van der Waals surface area contributed by atoms with E-state index in [9.17, 15) is 4.79 Å². The molecular weight excluding hydrogens is 90.1 g/mol. The number of amides is 1. The molecule has 0 aromatic carbocycles. The summed E-state index contributed by atoms with van der Waals surface area (Å²) in [6, 6.07) is 0. The molecule has 2 nitrogen and oxygen atoms in total.